The molecule has 0 aliphatic rings. The predicted molar refractivity (Wildman–Crippen MR) is 85.1 cm³/mol. The van der Waals surface area contributed by atoms with E-state index < -0.39 is 10.0 Å². The van der Waals surface area contributed by atoms with E-state index in [0.717, 1.165) is 13.0 Å². The number of hydrogen-bond donors (Lipinski definition) is 2. The molecule has 0 saturated heterocycles. The normalized spacial score (nSPS) is 13.4. The maximum atomic E-state index is 12.3. The molecule has 6 heteroatoms. The Morgan fingerprint density at radius 1 is 1.19 bits per heavy atom. The highest BCUT2D eigenvalue weighted by atomic mass is 32.2. The van der Waals surface area contributed by atoms with Gasteiger partial charge in [-0.2, -0.15) is 0 Å². The molecule has 1 rings (SSSR count). The molecule has 0 heterocycles. The van der Waals surface area contributed by atoms with Crippen LogP contribution in [-0.4, -0.2) is 34.7 Å². The first-order chi connectivity index (χ1) is 9.90. The van der Waals surface area contributed by atoms with Gasteiger partial charge >= 0.3 is 0 Å². The monoisotopic (exact) mass is 314 g/mol. The molecule has 0 fully saturated rings. The second-order valence-electron chi connectivity index (χ2n) is 5.30. The van der Waals surface area contributed by atoms with Crippen molar-refractivity contribution >= 4 is 10.0 Å². The van der Waals surface area contributed by atoms with E-state index >= 15 is 0 Å². The van der Waals surface area contributed by atoms with Crippen LogP contribution < -0.4 is 14.8 Å². The van der Waals surface area contributed by atoms with Gasteiger partial charge in [-0.25, -0.2) is 13.1 Å². The van der Waals surface area contributed by atoms with Crippen molar-refractivity contribution in [2.75, 3.05) is 20.2 Å². The van der Waals surface area contributed by atoms with Gasteiger partial charge in [0.1, 0.15) is 12.4 Å². The van der Waals surface area contributed by atoms with Crippen LogP contribution in [0.4, 0.5) is 0 Å². The standard InChI is InChI=1S/C15H26N2O3S/c1-5-15(12(2)3)17-21(18,19)14-8-6-13(7-9-14)20-11-10-16-4/h6-9,12,15-17H,5,10-11H2,1-4H3. The Morgan fingerprint density at radius 3 is 2.29 bits per heavy atom. The van der Waals surface area contributed by atoms with E-state index in [4.69, 9.17) is 4.74 Å². The zero-order chi connectivity index (χ0) is 15.9. The first-order valence-corrected chi connectivity index (χ1v) is 8.78. The van der Waals surface area contributed by atoms with Gasteiger partial charge < -0.3 is 10.1 Å². The van der Waals surface area contributed by atoms with Gasteiger partial charge in [-0.05, 0) is 43.7 Å². The Labute approximate surface area is 128 Å². The fraction of sp³-hybridized carbons (Fsp3) is 0.600. The highest BCUT2D eigenvalue weighted by Gasteiger charge is 2.21. The number of sulfonamides is 1. The largest absolute Gasteiger partial charge is 0.492 e. The molecule has 1 aromatic carbocycles. The topological polar surface area (TPSA) is 67.4 Å². The molecule has 0 saturated carbocycles. The average molecular weight is 314 g/mol. The Morgan fingerprint density at radius 2 is 1.81 bits per heavy atom. The maximum Gasteiger partial charge on any atom is 0.240 e. The lowest BCUT2D eigenvalue weighted by Gasteiger charge is -2.20. The fourth-order valence-electron chi connectivity index (χ4n) is 1.94. The molecule has 21 heavy (non-hydrogen) atoms. The second-order valence-corrected chi connectivity index (χ2v) is 7.02. The molecule has 2 N–H and O–H groups in total. The van der Waals surface area contributed by atoms with Crippen LogP contribution in [0.2, 0.25) is 0 Å². The first kappa shape index (κ1) is 17.9. The highest BCUT2D eigenvalue weighted by molar-refractivity contribution is 7.89. The Kier molecular flexibility index (Phi) is 7.14. The number of nitrogens with one attached hydrogen (secondary N) is 2. The van der Waals surface area contributed by atoms with Crippen molar-refractivity contribution in [1.82, 2.24) is 10.0 Å². The van der Waals surface area contributed by atoms with Crippen molar-refractivity contribution in [2.45, 2.75) is 38.1 Å². The average Bonchev–Trinajstić information content (AvgIpc) is 2.45. The van der Waals surface area contributed by atoms with Crippen molar-refractivity contribution in [2.24, 2.45) is 5.92 Å². The van der Waals surface area contributed by atoms with E-state index in [1.54, 1.807) is 24.3 Å². The molecule has 0 amide bonds. The summed E-state index contributed by atoms with van der Waals surface area (Å²) in [5.41, 5.74) is 0. The molecule has 5 nitrogen and oxygen atoms in total. The Bertz CT molecular complexity index is 512. The lowest BCUT2D eigenvalue weighted by Crippen LogP contribution is -2.37. The minimum Gasteiger partial charge on any atom is -0.492 e. The summed E-state index contributed by atoms with van der Waals surface area (Å²) >= 11 is 0. The maximum absolute atomic E-state index is 12.3. The molecule has 0 radical (unpaired) electrons. The summed E-state index contributed by atoms with van der Waals surface area (Å²) in [4.78, 5) is 0.266. The van der Waals surface area contributed by atoms with E-state index in [0.29, 0.717) is 12.4 Å². The third-order valence-corrected chi connectivity index (χ3v) is 4.81. The third-order valence-electron chi connectivity index (χ3n) is 3.31. The van der Waals surface area contributed by atoms with Gasteiger partial charge in [-0.1, -0.05) is 20.8 Å². The van der Waals surface area contributed by atoms with E-state index in [1.165, 1.54) is 0 Å². The van der Waals surface area contributed by atoms with Crippen LogP contribution in [0.25, 0.3) is 0 Å². The minimum absolute atomic E-state index is 0.0541. The molecular weight excluding hydrogens is 288 g/mol. The first-order valence-electron chi connectivity index (χ1n) is 7.30. The number of benzene rings is 1. The molecule has 1 atom stereocenters. The van der Waals surface area contributed by atoms with E-state index in [2.05, 4.69) is 10.0 Å². The lowest BCUT2D eigenvalue weighted by atomic mass is 10.0. The third kappa shape index (κ3) is 5.65. The summed E-state index contributed by atoms with van der Waals surface area (Å²) in [6.07, 6.45) is 0.766. The zero-order valence-corrected chi connectivity index (χ0v) is 14.0. The quantitative estimate of drug-likeness (QED) is 0.684. The molecule has 0 aliphatic heterocycles. The molecule has 1 unspecified atom stereocenters. The zero-order valence-electron chi connectivity index (χ0n) is 13.2. The van der Waals surface area contributed by atoms with Crippen molar-refractivity contribution in [1.29, 1.82) is 0 Å². The summed E-state index contributed by atoms with van der Waals surface area (Å²) in [5.74, 6) is 0.925. The summed E-state index contributed by atoms with van der Waals surface area (Å²) in [5, 5.41) is 2.98. The smallest absolute Gasteiger partial charge is 0.240 e. The van der Waals surface area contributed by atoms with Crippen LogP contribution in [0, 0.1) is 5.92 Å². The van der Waals surface area contributed by atoms with Crippen molar-refractivity contribution in [3.63, 3.8) is 0 Å². The Balaban J connectivity index is 2.75. The molecule has 0 aromatic heterocycles. The number of rotatable bonds is 9. The van der Waals surface area contributed by atoms with E-state index in [-0.39, 0.29) is 16.9 Å². The summed E-state index contributed by atoms with van der Waals surface area (Å²) in [6, 6.07) is 6.46. The van der Waals surface area contributed by atoms with Crippen LogP contribution in [0.5, 0.6) is 5.75 Å². The highest BCUT2D eigenvalue weighted by Crippen LogP contribution is 2.17. The van der Waals surface area contributed by atoms with Crippen molar-refractivity contribution < 1.29 is 13.2 Å². The Hall–Kier alpha value is -1.11. The number of likely N-dealkylation sites (N-methyl/N-ethyl adjacent to an activating group) is 1. The number of ether oxygens (including phenoxy) is 1. The summed E-state index contributed by atoms with van der Waals surface area (Å²) < 4.78 is 32.9. The van der Waals surface area contributed by atoms with Gasteiger partial charge in [0.2, 0.25) is 10.0 Å². The van der Waals surface area contributed by atoms with Crippen LogP contribution in [0.15, 0.2) is 29.2 Å². The predicted octanol–water partition coefficient (Wildman–Crippen LogP) is 2.00. The molecule has 0 spiro atoms. The van der Waals surface area contributed by atoms with Crippen LogP contribution >= 0.6 is 0 Å². The molecular formula is C15H26N2O3S. The molecule has 120 valence electrons. The lowest BCUT2D eigenvalue weighted by molar-refractivity contribution is 0.318. The summed E-state index contributed by atoms with van der Waals surface area (Å²) in [7, 11) is -1.63. The number of hydrogen-bond acceptors (Lipinski definition) is 4. The van der Waals surface area contributed by atoms with E-state index in [1.807, 2.05) is 27.8 Å². The van der Waals surface area contributed by atoms with Crippen LogP contribution in [0.1, 0.15) is 27.2 Å². The van der Waals surface area contributed by atoms with Gasteiger partial charge in [0.25, 0.3) is 0 Å². The van der Waals surface area contributed by atoms with Crippen LogP contribution in [0.3, 0.4) is 0 Å². The van der Waals surface area contributed by atoms with Gasteiger partial charge in [-0.3, -0.25) is 0 Å². The van der Waals surface area contributed by atoms with Crippen LogP contribution in [-0.2, 0) is 10.0 Å². The van der Waals surface area contributed by atoms with Gasteiger partial charge in [0, 0.05) is 12.6 Å². The van der Waals surface area contributed by atoms with E-state index in [9.17, 15) is 8.42 Å². The second kappa shape index (κ2) is 8.36. The van der Waals surface area contributed by atoms with Crippen molar-refractivity contribution in [3.05, 3.63) is 24.3 Å². The SMILES string of the molecule is CCC(NS(=O)(=O)c1ccc(OCCNC)cc1)C(C)C. The molecule has 0 bridgehead atoms. The van der Waals surface area contributed by atoms with Gasteiger partial charge in [0.15, 0.2) is 0 Å². The fourth-order valence-corrected chi connectivity index (χ4v) is 3.41. The summed E-state index contributed by atoms with van der Waals surface area (Å²) in [6.45, 7) is 7.29. The molecule has 1 aromatic rings. The minimum atomic E-state index is -3.48. The van der Waals surface area contributed by atoms with Gasteiger partial charge in [-0.15, -0.1) is 0 Å². The van der Waals surface area contributed by atoms with Crippen molar-refractivity contribution in [3.8, 4) is 5.75 Å². The van der Waals surface area contributed by atoms with Gasteiger partial charge in [0.05, 0.1) is 4.90 Å². The molecule has 0 aliphatic carbocycles.